The lowest BCUT2D eigenvalue weighted by Crippen LogP contribution is -2.67. The fourth-order valence-corrected chi connectivity index (χ4v) is 4.74. The average molecular weight is 332 g/mol. The van der Waals surface area contributed by atoms with Crippen molar-refractivity contribution in [2.75, 3.05) is 13.1 Å². The molecule has 0 N–H and O–H groups in total. The van der Waals surface area contributed by atoms with E-state index >= 15 is 0 Å². The second-order valence-corrected chi connectivity index (χ2v) is 7.87. The van der Waals surface area contributed by atoms with Crippen molar-refractivity contribution in [3.8, 4) is 0 Å². The number of fused-ring (bicyclic) bond motifs is 2. The van der Waals surface area contributed by atoms with Crippen LogP contribution < -0.4 is 0 Å². The number of thiazole rings is 1. The van der Waals surface area contributed by atoms with E-state index in [0.29, 0.717) is 24.3 Å². The second kappa shape index (κ2) is 5.92. The smallest absolute Gasteiger partial charge is 0.146 e. The predicted molar refractivity (Wildman–Crippen MR) is 88.8 cm³/mol. The molecule has 3 aliphatic heterocycles. The first-order chi connectivity index (χ1) is 11.1. The molecule has 3 saturated heterocycles. The molecule has 0 radical (unpaired) electrons. The molecular weight excluding hydrogens is 311 g/mol. The van der Waals surface area contributed by atoms with Crippen LogP contribution in [0.4, 0.5) is 4.39 Å². The van der Waals surface area contributed by atoms with E-state index < -0.39 is 0 Å². The van der Waals surface area contributed by atoms with Crippen molar-refractivity contribution in [3.63, 3.8) is 0 Å². The number of piperazine rings is 1. The van der Waals surface area contributed by atoms with Gasteiger partial charge < -0.3 is 0 Å². The van der Waals surface area contributed by atoms with Gasteiger partial charge in [0.1, 0.15) is 5.82 Å². The van der Waals surface area contributed by atoms with Gasteiger partial charge in [0.15, 0.2) is 0 Å². The Hall–Kier alpha value is -1.37. The molecule has 0 amide bonds. The number of pyridine rings is 1. The van der Waals surface area contributed by atoms with E-state index in [2.05, 4.69) is 33.6 Å². The molecule has 0 aromatic carbocycles. The fourth-order valence-electron chi connectivity index (χ4n) is 3.79. The molecule has 4 nitrogen and oxygen atoms in total. The average Bonchev–Trinajstić information content (AvgIpc) is 2.85. The number of hydrogen-bond donors (Lipinski definition) is 0. The third-order valence-corrected chi connectivity index (χ3v) is 6.01. The Morgan fingerprint density at radius 3 is 2.70 bits per heavy atom. The summed E-state index contributed by atoms with van der Waals surface area (Å²) in [5.74, 6) is -0.195. The van der Waals surface area contributed by atoms with E-state index in [9.17, 15) is 4.39 Å². The molecule has 2 atom stereocenters. The lowest BCUT2D eigenvalue weighted by atomic mass is 9.87. The molecule has 3 aliphatic rings. The van der Waals surface area contributed by atoms with Gasteiger partial charge in [-0.2, -0.15) is 0 Å². The number of nitrogens with zero attached hydrogens (tertiary/aromatic N) is 4. The SMILES string of the molecule is Cc1nc(C)c(CN2C3CC2CN(Cc2ncccc2F)C3)s1. The van der Waals surface area contributed by atoms with E-state index in [1.165, 1.54) is 23.1 Å². The number of aromatic nitrogens is 2. The topological polar surface area (TPSA) is 32.3 Å². The van der Waals surface area contributed by atoms with Crippen molar-refractivity contribution in [2.45, 2.75) is 45.4 Å². The second-order valence-electron chi connectivity index (χ2n) is 6.58. The minimum absolute atomic E-state index is 0.195. The summed E-state index contributed by atoms with van der Waals surface area (Å²) >= 11 is 1.81. The molecule has 122 valence electrons. The number of rotatable bonds is 4. The first-order valence-electron chi connectivity index (χ1n) is 8.10. The van der Waals surface area contributed by atoms with Crippen molar-refractivity contribution < 1.29 is 4.39 Å². The molecule has 2 bridgehead atoms. The predicted octanol–water partition coefficient (Wildman–Crippen LogP) is 2.75. The van der Waals surface area contributed by atoms with Gasteiger partial charge in [-0.3, -0.25) is 14.8 Å². The largest absolute Gasteiger partial charge is 0.294 e. The minimum atomic E-state index is -0.195. The highest BCUT2D eigenvalue weighted by molar-refractivity contribution is 7.11. The molecule has 3 fully saturated rings. The highest BCUT2D eigenvalue weighted by atomic mass is 32.1. The Morgan fingerprint density at radius 2 is 2.04 bits per heavy atom. The molecule has 6 heteroatoms. The summed E-state index contributed by atoms with van der Waals surface area (Å²) in [6.45, 7) is 7.81. The molecular formula is C17H21FN4S. The zero-order valence-electron chi connectivity index (χ0n) is 13.5. The van der Waals surface area contributed by atoms with Crippen LogP contribution in [0.5, 0.6) is 0 Å². The molecule has 2 aromatic rings. The maximum atomic E-state index is 13.8. The standard InChI is InChI=1S/C17H21FN4S/c1-11-17(23-12(2)20-11)10-22-13-6-14(22)8-21(7-13)9-16-15(18)4-3-5-19-16/h3-5,13-14H,6-10H2,1-2H3. The van der Waals surface area contributed by atoms with Crippen LogP contribution in [0.25, 0.3) is 0 Å². The van der Waals surface area contributed by atoms with Gasteiger partial charge in [0.05, 0.1) is 16.4 Å². The summed E-state index contributed by atoms with van der Waals surface area (Å²) in [5.41, 5.74) is 1.74. The Morgan fingerprint density at radius 1 is 1.26 bits per heavy atom. The van der Waals surface area contributed by atoms with E-state index in [0.717, 1.165) is 24.6 Å². The van der Waals surface area contributed by atoms with E-state index in [-0.39, 0.29) is 5.82 Å². The van der Waals surface area contributed by atoms with Gasteiger partial charge in [0.25, 0.3) is 0 Å². The normalized spacial score (nSPS) is 24.7. The third kappa shape index (κ3) is 2.91. The zero-order chi connectivity index (χ0) is 16.0. The molecule has 0 spiro atoms. The van der Waals surface area contributed by atoms with Crippen LogP contribution in [0.2, 0.25) is 0 Å². The van der Waals surface area contributed by atoms with Crippen LogP contribution in [0.1, 0.15) is 27.7 Å². The van der Waals surface area contributed by atoms with Gasteiger partial charge in [0.2, 0.25) is 0 Å². The Kier molecular flexibility index (Phi) is 3.91. The van der Waals surface area contributed by atoms with Gasteiger partial charge in [-0.1, -0.05) is 0 Å². The maximum absolute atomic E-state index is 13.8. The number of hydrogen-bond acceptors (Lipinski definition) is 5. The molecule has 0 saturated carbocycles. The van der Waals surface area contributed by atoms with Crippen LogP contribution in [0, 0.1) is 19.7 Å². The molecule has 0 aliphatic carbocycles. The lowest BCUT2D eigenvalue weighted by molar-refractivity contribution is -0.0775. The van der Waals surface area contributed by atoms with Crippen LogP contribution in [-0.4, -0.2) is 44.9 Å². The van der Waals surface area contributed by atoms with Crippen LogP contribution in [-0.2, 0) is 13.1 Å². The van der Waals surface area contributed by atoms with E-state index in [4.69, 9.17) is 0 Å². The van der Waals surface area contributed by atoms with Crippen LogP contribution in [0.15, 0.2) is 18.3 Å². The first-order valence-corrected chi connectivity index (χ1v) is 8.92. The van der Waals surface area contributed by atoms with Gasteiger partial charge in [-0.05, 0) is 32.4 Å². The van der Waals surface area contributed by atoms with Crippen molar-refractivity contribution in [2.24, 2.45) is 0 Å². The van der Waals surface area contributed by atoms with Gasteiger partial charge in [-0.25, -0.2) is 9.37 Å². The maximum Gasteiger partial charge on any atom is 0.146 e. The summed E-state index contributed by atoms with van der Waals surface area (Å²) in [5, 5.41) is 1.15. The van der Waals surface area contributed by atoms with Gasteiger partial charge in [0, 0.05) is 49.3 Å². The third-order valence-electron chi connectivity index (χ3n) is 4.95. The Balaban J connectivity index is 1.39. The summed E-state index contributed by atoms with van der Waals surface area (Å²) in [4.78, 5) is 15.0. The highest BCUT2D eigenvalue weighted by Crippen LogP contribution is 2.35. The van der Waals surface area contributed by atoms with Crippen molar-refractivity contribution in [1.82, 2.24) is 19.8 Å². The van der Waals surface area contributed by atoms with Gasteiger partial charge in [-0.15, -0.1) is 11.3 Å². The van der Waals surface area contributed by atoms with Crippen molar-refractivity contribution in [3.05, 3.63) is 45.4 Å². The Labute approximate surface area is 140 Å². The number of piperidine rings is 1. The molecule has 2 unspecified atom stereocenters. The summed E-state index contributed by atoms with van der Waals surface area (Å²) in [6.07, 6.45) is 2.93. The summed E-state index contributed by atoms with van der Waals surface area (Å²) < 4.78 is 13.8. The van der Waals surface area contributed by atoms with Crippen LogP contribution in [0.3, 0.4) is 0 Å². The first kappa shape index (κ1) is 15.2. The quantitative estimate of drug-likeness (QED) is 0.862. The van der Waals surface area contributed by atoms with Crippen LogP contribution >= 0.6 is 11.3 Å². The minimum Gasteiger partial charge on any atom is -0.294 e. The monoisotopic (exact) mass is 332 g/mol. The molecule has 5 rings (SSSR count). The molecule has 5 heterocycles. The van der Waals surface area contributed by atoms with Crippen molar-refractivity contribution >= 4 is 11.3 Å². The lowest BCUT2D eigenvalue weighted by Gasteiger charge is -2.56. The summed E-state index contributed by atoms with van der Waals surface area (Å²) in [7, 11) is 0. The van der Waals surface area contributed by atoms with Crippen molar-refractivity contribution in [1.29, 1.82) is 0 Å². The molecule has 23 heavy (non-hydrogen) atoms. The zero-order valence-corrected chi connectivity index (χ0v) is 14.3. The number of halogens is 1. The van der Waals surface area contributed by atoms with Gasteiger partial charge >= 0.3 is 0 Å². The number of aryl methyl sites for hydroxylation is 2. The molecule has 2 aromatic heterocycles. The summed E-state index contributed by atoms with van der Waals surface area (Å²) in [6, 6.07) is 4.31. The van der Waals surface area contributed by atoms with E-state index in [1.807, 2.05) is 11.3 Å². The highest BCUT2D eigenvalue weighted by Gasteiger charge is 2.44. The van der Waals surface area contributed by atoms with E-state index in [1.54, 1.807) is 12.3 Å². The Bertz CT molecular complexity index is 704. The fraction of sp³-hybridized carbons (Fsp3) is 0.529.